The summed E-state index contributed by atoms with van der Waals surface area (Å²) in [6.07, 6.45) is 0. The molecule has 0 saturated carbocycles. The molecule has 0 aliphatic rings. The standard InChI is InChI=1S/C24H15NO/c26-24(21-14-7-9-16-8-1-2-10-17(16)21)23-20-13-4-3-11-18(20)19-12-5-6-15-22(19)25-23/h1-15H. The number of fused-ring (bicyclic) bond motifs is 4. The van der Waals surface area contributed by atoms with Gasteiger partial charge in [-0.15, -0.1) is 0 Å². The van der Waals surface area contributed by atoms with Crippen LogP contribution in [0.4, 0.5) is 0 Å². The highest BCUT2D eigenvalue weighted by atomic mass is 16.1. The number of benzene rings is 4. The number of carbonyl (C=O) groups is 1. The van der Waals surface area contributed by atoms with Crippen molar-refractivity contribution in [1.29, 1.82) is 0 Å². The van der Waals surface area contributed by atoms with E-state index in [9.17, 15) is 4.79 Å². The zero-order valence-electron chi connectivity index (χ0n) is 14.0. The molecule has 1 aromatic heterocycles. The lowest BCUT2D eigenvalue weighted by atomic mass is 9.96. The van der Waals surface area contributed by atoms with E-state index < -0.39 is 0 Å². The van der Waals surface area contributed by atoms with Gasteiger partial charge < -0.3 is 0 Å². The summed E-state index contributed by atoms with van der Waals surface area (Å²) < 4.78 is 0. The third-order valence-corrected chi connectivity index (χ3v) is 4.86. The van der Waals surface area contributed by atoms with Gasteiger partial charge in [0, 0.05) is 16.3 Å². The van der Waals surface area contributed by atoms with Crippen molar-refractivity contribution in [3.63, 3.8) is 0 Å². The molecule has 0 aliphatic carbocycles. The van der Waals surface area contributed by atoms with Crippen molar-refractivity contribution < 1.29 is 4.79 Å². The van der Waals surface area contributed by atoms with Gasteiger partial charge in [-0.1, -0.05) is 84.9 Å². The first-order valence-corrected chi connectivity index (χ1v) is 8.63. The van der Waals surface area contributed by atoms with Crippen molar-refractivity contribution in [3.8, 4) is 0 Å². The number of carbonyl (C=O) groups excluding carboxylic acids is 1. The van der Waals surface area contributed by atoms with Crippen LogP contribution in [0.3, 0.4) is 0 Å². The van der Waals surface area contributed by atoms with Gasteiger partial charge in [-0.2, -0.15) is 0 Å². The molecule has 0 atom stereocenters. The number of aromatic nitrogens is 1. The molecule has 0 aliphatic heterocycles. The lowest BCUT2D eigenvalue weighted by molar-refractivity contribution is 0.103. The second-order valence-corrected chi connectivity index (χ2v) is 6.38. The predicted octanol–water partition coefficient (Wildman–Crippen LogP) is 5.77. The maximum Gasteiger partial charge on any atom is 0.212 e. The van der Waals surface area contributed by atoms with Crippen LogP contribution in [0.25, 0.3) is 32.4 Å². The maximum atomic E-state index is 13.5. The molecule has 0 N–H and O–H groups in total. The Bertz CT molecular complexity index is 1300. The number of para-hydroxylation sites is 1. The van der Waals surface area contributed by atoms with E-state index in [-0.39, 0.29) is 5.78 Å². The quantitative estimate of drug-likeness (QED) is 0.303. The number of nitrogens with zero attached hydrogens (tertiary/aromatic N) is 1. The molecular weight excluding hydrogens is 318 g/mol. The summed E-state index contributed by atoms with van der Waals surface area (Å²) in [5.74, 6) is -0.0382. The van der Waals surface area contributed by atoms with Gasteiger partial charge >= 0.3 is 0 Å². The Kier molecular flexibility index (Phi) is 3.29. The summed E-state index contributed by atoms with van der Waals surface area (Å²) in [5, 5.41) is 5.03. The summed E-state index contributed by atoms with van der Waals surface area (Å²) in [6, 6.07) is 29.8. The predicted molar refractivity (Wildman–Crippen MR) is 107 cm³/mol. The Morgan fingerprint density at radius 1 is 0.577 bits per heavy atom. The van der Waals surface area contributed by atoms with E-state index in [1.807, 2.05) is 78.9 Å². The summed E-state index contributed by atoms with van der Waals surface area (Å²) in [5.41, 5.74) is 2.04. The molecule has 122 valence electrons. The van der Waals surface area contributed by atoms with Crippen molar-refractivity contribution in [2.45, 2.75) is 0 Å². The van der Waals surface area contributed by atoms with Crippen molar-refractivity contribution in [1.82, 2.24) is 4.98 Å². The van der Waals surface area contributed by atoms with Crippen molar-refractivity contribution in [3.05, 3.63) is 102 Å². The van der Waals surface area contributed by atoms with Crippen LogP contribution < -0.4 is 0 Å². The first kappa shape index (κ1) is 14.8. The zero-order chi connectivity index (χ0) is 17.5. The molecular formula is C24H15NO. The second kappa shape index (κ2) is 5.78. The number of ketones is 1. The molecule has 0 bridgehead atoms. The highest BCUT2D eigenvalue weighted by Gasteiger charge is 2.18. The fourth-order valence-corrected chi connectivity index (χ4v) is 3.63. The minimum Gasteiger partial charge on any atom is -0.287 e. The lowest BCUT2D eigenvalue weighted by Crippen LogP contribution is -2.06. The Morgan fingerprint density at radius 2 is 1.19 bits per heavy atom. The van der Waals surface area contributed by atoms with E-state index in [1.54, 1.807) is 0 Å². The van der Waals surface area contributed by atoms with E-state index in [0.717, 1.165) is 32.4 Å². The first-order valence-electron chi connectivity index (χ1n) is 8.63. The summed E-state index contributed by atoms with van der Waals surface area (Å²) in [4.78, 5) is 18.2. The highest BCUT2D eigenvalue weighted by molar-refractivity contribution is 6.23. The van der Waals surface area contributed by atoms with Crippen molar-refractivity contribution >= 4 is 38.2 Å². The smallest absolute Gasteiger partial charge is 0.212 e. The monoisotopic (exact) mass is 333 g/mol. The van der Waals surface area contributed by atoms with Gasteiger partial charge in [0.05, 0.1) is 5.52 Å². The van der Waals surface area contributed by atoms with Gasteiger partial charge in [0.2, 0.25) is 5.78 Å². The summed E-state index contributed by atoms with van der Waals surface area (Å²) in [6.45, 7) is 0. The molecule has 5 aromatic rings. The molecule has 0 radical (unpaired) electrons. The largest absolute Gasteiger partial charge is 0.287 e. The normalized spacial score (nSPS) is 11.2. The average Bonchev–Trinajstić information content (AvgIpc) is 2.72. The Labute approximate surface area is 150 Å². The van der Waals surface area contributed by atoms with Gasteiger partial charge in [0.25, 0.3) is 0 Å². The van der Waals surface area contributed by atoms with E-state index in [2.05, 4.69) is 12.1 Å². The summed E-state index contributed by atoms with van der Waals surface area (Å²) >= 11 is 0. The van der Waals surface area contributed by atoms with E-state index in [0.29, 0.717) is 11.3 Å². The molecule has 0 spiro atoms. The fourth-order valence-electron chi connectivity index (χ4n) is 3.63. The maximum absolute atomic E-state index is 13.5. The highest BCUT2D eigenvalue weighted by Crippen LogP contribution is 2.29. The SMILES string of the molecule is O=C(c1cccc2ccccc12)c1nc2ccccc2c2ccccc12. The third-order valence-electron chi connectivity index (χ3n) is 4.86. The fraction of sp³-hybridized carbons (Fsp3) is 0. The minimum absolute atomic E-state index is 0.0382. The van der Waals surface area contributed by atoms with E-state index in [1.165, 1.54) is 0 Å². The van der Waals surface area contributed by atoms with E-state index in [4.69, 9.17) is 4.98 Å². The third kappa shape index (κ3) is 2.20. The molecule has 0 saturated heterocycles. The molecule has 2 nitrogen and oxygen atoms in total. The zero-order valence-corrected chi connectivity index (χ0v) is 14.0. The molecule has 1 heterocycles. The van der Waals surface area contributed by atoms with Crippen LogP contribution in [0.1, 0.15) is 16.1 Å². The van der Waals surface area contributed by atoms with Crippen LogP contribution in [0.2, 0.25) is 0 Å². The number of hydrogen-bond acceptors (Lipinski definition) is 2. The molecule has 2 heteroatoms. The second-order valence-electron chi connectivity index (χ2n) is 6.38. The Morgan fingerprint density at radius 3 is 2.04 bits per heavy atom. The Balaban J connectivity index is 1.84. The number of rotatable bonds is 2. The number of pyridine rings is 1. The van der Waals surface area contributed by atoms with Crippen LogP contribution in [0.15, 0.2) is 91.0 Å². The van der Waals surface area contributed by atoms with Gasteiger partial charge in [-0.05, 0) is 22.2 Å². The van der Waals surface area contributed by atoms with Crippen LogP contribution in [-0.2, 0) is 0 Å². The van der Waals surface area contributed by atoms with Gasteiger partial charge in [0.1, 0.15) is 5.69 Å². The van der Waals surface area contributed by atoms with Gasteiger partial charge in [0.15, 0.2) is 0 Å². The Hall–Kier alpha value is -3.52. The van der Waals surface area contributed by atoms with E-state index >= 15 is 0 Å². The first-order chi connectivity index (χ1) is 12.8. The number of hydrogen-bond donors (Lipinski definition) is 0. The van der Waals surface area contributed by atoms with Crippen LogP contribution in [0, 0.1) is 0 Å². The van der Waals surface area contributed by atoms with Crippen LogP contribution >= 0.6 is 0 Å². The molecule has 0 unspecified atom stereocenters. The molecule has 4 aromatic carbocycles. The van der Waals surface area contributed by atoms with Crippen molar-refractivity contribution in [2.75, 3.05) is 0 Å². The van der Waals surface area contributed by atoms with Gasteiger partial charge in [-0.3, -0.25) is 4.79 Å². The summed E-state index contributed by atoms with van der Waals surface area (Å²) in [7, 11) is 0. The minimum atomic E-state index is -0.0382. The molecule has 5 rings (SSSR count). The topological polar surface area (TPSA) is 30.0 Å². The van der Waals surface area contributed by atoms with Crippen LogP contribution in [0.5, 0.6) is 0 Å². The van der Waals surface area contributed by atoms with Crippen LogP contribution in [-0.4, -0.2) is 10.8 Å². The lowest BCUT2D eigenvalue weighted by Gasteiger charge is -2.10. The molecule has 0 amide bonds. The molecule has 26 heavy (non-hydrogen) atoms. The van der Waals surface area contributed by atoms with Crippen molar-refractivity contribution in [2.24, 2.45) is 0 Å². The average molecular weight is 333 g/mol. The van der Waals surface area contributed by atoms with Gasteiger partial charge in [-0.25, -0.2) is 4.98 Å². The molecule has 0 fully saturated rings.